The van der Waals surface area contributed by atoms with Gasteiger partial charge in [-0.05, 0) is 59.1 Å². The number of carbonyl (C=O) groups excluding carboxylic acids is 1. The number of nitrogens with zero attached hydrogens (tertiary/aromatic N) is 1. The lowest BCUT2D eigenvalue weighted by molar-refractivity contribution is 0.0126. The lowest BCUT2D eigenvalue weighted by Crippen LogP contribution is -2.45. The Balaban J connectivity index is 1.93. The van der Waals surface area contributed by atoms with Crippen molar-refractivity contribution in [2.45, 2.75) is 90.7 Å². The number of rotatable bonds is 6. The van der Waals surface area contributed by atoms with E-state index in [2.05, 4.69) is 49.9 Å². The number of carbonyl (C=O) groups is 1. The van der Waals surface area contributed by atoms with Crippen molar-refractivity contribution in [3.8, 4) is 5.75 Å². The van der Waals surface area contributed by atoms with Crippen LogP contribution in [0.25, 0.3) is 0 Å². The maximum atomic E-state index is 12.2. The van der Waals surface area contributed by atoms with Crippen LogP contribution in [0.3, 0.4) is 0 Å². The first-order valence-electron chi connectivity index (χ1n) is 10.7. The number of aryl methyl sites for hydroxylation is 1. The van der Waals surface area contributed by atoms with Gasteiger partial charge in [-0.1, -0.05) is 25.5 Å². The minimum absolute atomic E-state index is 0.0619. The zero-order chi connectivity index (χ0) is 22.7. The number of hydrogen-bond acceptors (Lipinski definition) is 4. The molecular formula is C23H38BNO4P. The van der Waals surface area contributed by atoms with Crippen LogP contribution in [0.1, 0.15) is 66.9 Å². The fourth-order valence-corrected chi connectivity index (χ4v) is 2.92. The predicted octanol–water partition coefficient (Wildman–Crippen LogP) is 4.47. The van der Waals surface area contributed by atoms with E-state index in [0.29, 0.717) is 13.1 Å². The van der Waals surface area contributed by atoms with E-state index in [1.54, 1.807) is 4.90 Å². The smallest absolute Gasteiger partial charge is 0.410 e. The molecule has 1 aliphatic heterocycles. The maximum Gasteiger partial charge on any atom is 0.410 e. The van der Waals surface area contributed by atoms with Gasteiger partial charge in [0.25, 0.3) is 0 Å². The van der Waals surface area contributed by atoms with E-state index < -0.39 is 5.60 Å². The summed E-state index contributed by atoms with van der Waals surface area (Å²) in [5.41, 5.74) is 1.36. The minimum Gasteiger partial charge on any atom is -0.490 e. The van der Waals surface area contributed by atoms with Gasteiger partial charge in [0.2, 0.25) is 0 Å². The predicted molar refractivity (Wildman–Crippen MR) is 127 cm³/mol. The SMILES string of the molecule is Cc1ccc(OC2CCN(C(=O)OC(C)(C)C)CC2)cc1[B]OC(C)(C)C(C)(C)P. The van der Waals surface area contributed by atoms with E-state index in [4.69, 9.17) is 14.1 Å². The highest BCUT2D eigenvalue weighted by Gasteiger charge is 2.34. The van der Waals surface area contributed by atoms with Crippen molar-refractivity contribution in [3.63, 3.8) is 0 Å². The van der Waals surface area contributed by atoms with Crippen LogP contribution in [0, 0.1) is 6.92 Å². The third kappa shape index (κ3) is 7.16. The Kier molecular flexibility index (Phi) is 7.91. The Labute approximate surface area is 185 Å². The first-order valence-corrected chi connectivity index (χ1v) is 11.3. The molecule has 167 valence electrons. The average molecular weight is 434 g/mol. The van der Waals surface area contributed by atoms with Crippen molar-refractivity contribution >= 4 is 28.3 Å². The normalized spacial score (nSPS) is 16.4. The highest BCUT2D eigenvalue weighted by Crippen LogP contribution is 2.33. The monoisotopic (exact) mass is 434 g/mol. The first-order chi connectivity index (χ1) is 13.7. The third-order valence-electron chi connectivity index (χ3n) is 5.68. The van der Waals surface area contributed by atoms with Crippen LogP contribution >= 0.6 is 9.24 Å². The number of amides is 1. The molecule has 1 aromatic carbocycles. The second-order valence-electron chi connectivity index (χ2n) is 10.3. The van der Waals surface area contributed by atoms with Crippen LogP contribution in [0.2, 0.25) is 0 Å². The Bertz CT molecular complexity index is 732. The molecule has 0 N–H and O–H groups in total. The van der Waals surface area contributed by atoms with Crippen molar-refractivity contribution < 1.29 is 18.9 Å². The molecule has 0 aliphatic carbocycles. The van der Waals surface area contributed by atoms with Gasteiger partial charge in [-0.25, -0.2) is 4.79 Å². The topological polar surface area (TPSA) is 48.0 Å². The Hall–Kier alpha value is -1.26. The number of piperidine rings is 1. The van der Waals surface area contributed by atoms with Crippen LogP contribution in [0.5, 0.6) is 5.75 Å². The summed E-state index contributed by atoms with van der Waals surface area (Å²) in [6.45, 7) is 17.5. The van der Waals surface area contributed by atoms with Gasteiger partial charge in [0.05, 0.1) is 5.60 Å². The molecule has 1 fully saturated rings. The molecule has 1 amide bonds. The number of ether oxygens (including phenoxy) is 2. The molecule has 1 unspecified atom stereocenters. The van der Waals surface area contributed by atoms with Crippen LogP contribution in [0.4, 0.5) is 4.79 Å². The zero-order valence-corrected chi connectivity index (χ0v) is 21.0. The van der Waals surface area contributed by atoms with Crippen LogP contribution in [-0.2, 0) is 9.39 Å². The summed E-state index contributed by atoms with van der Waals surface area (Å²) in [6.07, 6.45) is 1.42. The summed E-state index contributed by atoms with van der Waals surface area (Å²) in [4.78, 5) is 14.0. The largest absolute Gasteiger partial charge is 0.490 e. The molecule has 0 aromatic heterocycles. The lowest BCUT2D eigenvalue weighted by Gasteiger charge is -2.39. The minimum atomic E-state index is -0.471. The van der Waals surface area contributed by atoms with Crippen molar-refractivity contribution in [1.29, 1.82) is 0 Å². The molecule has 5 nitrogen and oxygen atoms in total. The van der Waals surface area contributed by atoms with Gasteiger partial charge in [0.1, 0.15) is 17.5 Å². The molecule has 7 heteroatoms. The number of hydrogen-bond donors (Lipinski definition) is 0. The summed E-state index contributed by atoms with van der Waals surface area (Å²) in [7, 11) is 4.69. The fraction of sp³-hybridized carbons (Fsp3) is 0.696. The highest BCUT2D eigenvalue weighted by atomic mass is 31.0. The van der Waals surface area contributed by atoms with Gasteiger partial charge in [0.15, 0.2) is 0 Å². The molecule has 1 aromatic rings. The van der Waals surface area contributed by atoms with E-state index in [0.717, 1.165) is 29.6 Å². The van der Waals surface area contributed by atoms with Gasteiger partial charge < -0.3 is 19.0 Å². The van der Waals surface area contributed by atoms with Crippen LogP contribution < -0.4 is 10.2 Å². The number of benzene rings is 1. The molecule has 1 aliphatic rings. The summed E-state index contributed by atoms with van der Waals surface area (Å²) < 4.78 is 17.8. The van der Waals surface area contributed by atoms with Crippen LogP contribution in [0.15, 0.2) is 18.2 Å². The Morgan fingerprint density at radius 3 is 2.23 bits per heavy atom. The summed E-state index contributed by atoms with van der Waals surface area (Å²) >= 11 is 0. The van der Waals surface area contributed by atoms with Gasteiger partial charge in [-0.3, -0.25) is 0 Å². The van der Waals surface area contributed by atoms with E-state index in [1.807, 2.05) is 40.4 Å². The van der Waals surface area contributed by atoms with E-state index >= 15 is 0 Å². The second-order valence-corrected chi connectivity index (χ2v) is 11.7. The maximum absolute atomic E-state index is 12.2. The molecule has 1 saturated heterocycles. The lowest BCUT2D eigenvalue weighted by atomic mass is 9.81. The summed E-state index contributed by atoms with van der Waals surface area (Å²) in [5.74, 6) is 0.828. The highest BCUT2D eigenvalue weighted by molar-refractivity contribution is 7.19. The standard InChI is InChI=1S/C23H38BNO4P/c1-16-9-10-18(15-19(16)24-29-22(5,6)23(7,8)30)27-17-11-13-25(14-12-17)20(26)28-21(2,3)4/h9-10,15,17H,11-14,30H2,1-8H3. The van der Waals surface area contributed by atoms with Crippen molar-refractivity contribution in [2.75, 3.05) is 13.1 Å². The molecule has 0 saturated carbocycles. The van der Waals surface area contributed by atoms with Gasteiger partial charge in [-0.15, -0.1) is 9.24 Å². The van der Waals surface area contributed by atoms with E-state index in [1.165, 1.54) is 0 Å². The van der Waals surface area contributed by atoms with Gasteiger partial charge in [0, 0.05) is 31.1 Å². The molecule has 1 heterocycles. The Morgan fingerprint density at radius 1 is 1.10 bits per heavy atom. The summed E-state index contributed by atoms with van der Waals surface area (Å²) in [6, 6.07) is 6.08. The molecular weight excluding hydrogens is 396 g/mol. The molecule has 0 bridgehead atoms. The molecule has 1 radical (unpaired) electrons. The molecule has 0 spiro atoms. The first kappa shape index (κ1) is 25.0. The van der Waals surface area contributed by atoms with Crippen molar-refractivity contribution in [1.82, 2.24) is 4.90 Å². The zero-order valence-electron chi connectivity index (χ0n) is 19.9. The van der Waals surface area contributed by atoms with Crippen LogP contribution in [-0.4, -0.2) is 54.0 Å². The Morgan fingerprint density at radius 2 is 1.70 bits per heavy atom. The van der Waals surface area contributed by atoms with Crippen molar-refractivity contribution in [3.05, 3.63) is 23.8 Å². The van der Waals surface area contributed by atoms with E-state index in [9.17, 15) is 4.79 Å². The number of likely N-dealkylation sites (tertiary alicyclic amines) is 1. The molecule has 1 atom stereocenters. The van der Waals surface area contributed by atoms with Gasteiger partial charge in [-0.2, -0.15) is 0 Å². The molecule has 30 heavy (non-hydrogen) atoms. The fourth-order valence-electron chi connectivity index (χ4n) is 2.86. The average Bonchev–Trinajstić information content (AvgIpc) is 2.60. The van der Waals surface area contributed by atoms with Crippen molar-refractivity contribution in [2.24, 2.45) is 0 Å². The van der Waals surface area contributed by atoms with E-state index in [-0.39, 0.29) is 23.0 Å². The second kappa shape index (κ2) is 9.48. The summed E-state index contributed by atoms with van der Waals surface area (Å²) in [5, 5.41) is -0.0619. The molecule has 2 rings (SSSR count). The quantitative estimate of drug-likeness (QED) is 0.490. The third-order valence-corrected chi connectivity index (χ3v) is 6.37. The van der Waals surface area contributed by atoms with Gasteiger partial charge >= 0.3 is 13.6 Å².